The van der Waals surface area contributed by atoms with Crippen LogP contribution >= 0.6 is 15.9 Å². The Balaban J connectivity index is 3.73. The summed E-state index contributed by atoms with van der Waals surface area (Å²) in [6.07, 6.45) is 0.680. The van der Waals surface area contributed by atoms with Gasteiger partial charge in [0, 0.05) is 6.92 Å². The number of hydrogen-bond donors (Lipinski definition) is 1. The Kier molecular flexibility index (Phi) is 4.27. The normalized spacial score (nSPS) is 12.3. The van der Waals surface area contributed by atoms with Crippen molar-refractivity contribution in [2.75, 3.05) is 0 Å². The van der Waals surface area contributed by atoms with Gasteiger partial charge in [-0.05, 0) is 6.42 Å². The van der Waals surface area contributed by atoms with Gasteiger partial charge in [-0.2, -0.15) is 0 Å². The lowest BCUT2D eigenvalue weighted by Gasteiger charge is -2.03. The van der Waals surface area contributed by atoms with Crippen molar-refractivity contribution in [1.82, 2.24) is 5.32 Å². The molecule has 0 saturated heterocycles. The van der Waals surface area contributed by atoms with Crippen molar-refractivity contribution in [3.63, 3.8) is 0 Å². The van der Waals surface area contributed by atoms with Gasteiger partial charge in [0.05, 0.1) is 4.83 Å². The molecule has 0 saturated carbocycles. The molecule has 58 valence electrons. The lowest BCUT2D eigenvalue weighted by molar-refractivity contribution is -0.128. The molecule has 0 aromatic carbocycles. The van der Waals surface area contributed by atoms with E-state index in [0.717, 1.165) is 0 Å². The Bertz CT molecular complexity index is 147. The number of carbonyl (C=O) groups excluding carboxylic acids is 2. The van der Waals surface area contributed by atoms with Crippen molar-refractivity contribution in [3.8, 4) is 0 Å². The van der Waals surface area contributed by atoms with E-state index in [4.69, 9.17) is 0 Å². The quantitative estimate of drug-likeness (QED) is 0.683. The first-order chi connectivity index (χ1) is 4.57. The van der Waals surface area contributed by atoms with Crippen LogP contribution in [0.3, 0.4) is 0 Å². The number of alkyl halides is 1. The summed E-state index contributed by atoms with van der Waals surface area (Å²) in [4.78, 5) is 20.9. The molecule has 10 heavy (non-hydrogen) atoms. The zero-order valence-electron chi connectivity index (χ0n) is 5.98. The molecule has 3 nitrogen and oxygen atoms in total. The van der Waals surface area contributed by atoms with Crippen molar-refractivity contribution in [1.29, 1.82) is 0 Å². The van der Waals surface area contributed by atoms with Gasteiger partial charge in [0.15, 0.2) is 0 Å². The van der Waals surface area contributed by atoms with Crippen LogP contribution in [0.5, 0.6) is 0 Å². The van der Waals surface area contributed by atoms with E-state index in [0.29, 0.717) is 6.42 Å². The van der Waals surface area contributed by atoms with Gasteiger partial charge in [0.25, 0.3) is 0 Å². The van der Waals surface area contributed by atoms with E-state index in [2.05, 4.69) is 21.2 Å². The van der Waals surface area contributed by atoms with Gasteiger partial charge in [-0.3, -0.25) is 14.9 Å². The van der Waals surface area contributed by atoms with Gasteiger partial charge in [-0.15, -0.1) is 0 Å². The number of imide groups is 1. The van der Waals surface area contributed by atoms with Gasteiger partial charge in [-0.1, -0.05) is 22.9 Å². The molecular weight excluding hydrogens is 198 g/mol. The van der Waals surface area contributed by atoms with E-state index < -0.39 is 0 Å². The summed E-state index contributed by atoms with van der Waals surface area (Å²) >= 11 is 3.11. The molecule has 1 N–H and O–H groups in total. The minimum atomic E-state index is -0.317. The highest BCUT2D eigenvalue weighted by atomic mass is 79.9. The number of nitrogens with one attached hydrogen (secondary N) is 1. The van der Waals surface area contributed by atoms with Crippen LogP contribution in [0.2, 0.25) is 0 Å². The minimum Gasteiger partial charge on any atom is -0.296 e. The van der Waals surface area contributed by atoms with Gasteiger partial charge in [-0.25, -0.2) is 0 Å². The van der Waals surface area contributed by atoms with Crippen LogP contribution in [0, 0.1) is 0 Å². The van der Waals surface area contributed by atoms with Crippen LogP contribution in [-0.4, -0.2) is 16.6 Å². The maximum Gasteiger partial charge on any atom is 0.240 e. The molecule has 0 bridgehead atoms. The zero-order chi connectivity index (χ0) is 8.15. The summed E-state index contributed by atoms with van der Waals surface area (Å²) in [6.45, 7) is 3.17. The zero-order valence-corrected chi connectivity index (χ0v) is 7.56. The van der Waals surface area contributed by atoms with Crippen molar-refractivity contribution in [3.05, 3.63) is 0 Å². The highest BCUT2D eigenvalue weighted by Gasteiger charge is 2.12. The highest BCUT2D eigenvalue weighted by molar-refractivity contribution is 9.10. The largest absolute Gasteiger partial charge is 0.296 e. The average Bonchev–Trinajstić information content (AvgIpc) is 1.85. The number of carbonyl (C=O) groups is 2. The second kappa shape index (κ2) is 4.44. The van der Waals surface area contributed by atoms with Crippen LogP contribution in [0.15, 0.2) is 0 Å². The van der Waals surface area contributed by atoms with Crippen LogP contribution in [-0.2, 0) is 9.59 Å². The molecule has 1 atom stereocenters. The topological polar surface area (TPSA) is 46.2 Å². The van der Waals surface area contributed by atoms with E-state index in [1.54, 1.807) is 0 Å². The average molecular weight is 208 g/mol. The number of halogens is 1. The summed E-state index contributed by atoms with van der Waals surface area (Å²) in [5.41, 5.74) is 0. The minimum absolute atomic E-state index is 0.253. The molecule has 4 heteroatoms. The van der Waals surface area contributed by atoms with E-state index in [-0.39, 0.29) is 16.6 Å². The van der Waals surface area contributed by atoms with E-state index in [1.165, 1.54) is 6.92 Å². The fraction of sp³-hybridized carbons (Fsp3) is 0.667. The van der Waals surface area contributed by atoms with Crippen LogP contribution < -0.4 is 5.32 Å². The van der Waals surface area contributed by atoms with Crippen LogP contribution in [0.25, 0.3) is 0 Å². The van der Waals surface area contributed by atoms with Gasteiger partial charge in [0.2, 0.25) is 11.8 Å². The Morgan fingerprint density at radius 1 is 1.60 bits per heavy atom. The molecule has 0 aromatic heterocycles. The maximum absolute atomic E-state index is 10.8. The third-order valence-electron chi connectivity index (χ3n) is 0.942. The third-order valence-corrected chi connectivity index (χ3v) is 2.01. The summed E-state index contributed by atoms with van der Waals surface area (Å²) in [7, 11) is 0. The van der Waals surface area contributed by atoms with Crippen molar-refractivity contribution in [2.45, 2.75) is 25.1 Å². The van der Waals surface area contributed by atoms with Gasteiger partial charge in [0.1, 0.15) is 0 Å². The SMILES string of the molecule is CCC(Br)C(=O)NC(C)=O. The first kappa shape index (κ1) is 9.62. The van der Waals surface area contributed by atoms with Gasteiger partial charge < -0.3 is 0 Å². The molecule has 0 aliphatic heterocycles. The maximum atomic E-state index is 10.8. The first-order valence-corrected chi connectivity index (χ1v) is 3.95. The fourth-order valence-corrected chi connectivity index (χ4v) is 0.552. The van der Waals surface area contributed by atoms with Crippen molar-refractivity contribution >= 4 is 27.7 Å². The molecule has 0 fully saturated rings. The molecule has 0 radical (unpaired) electrons. The highest BCUT2D eigenvalue weighted by Crippen LogP contribution is 2.02. The fourth-order valence-electron chi connectivity index (χ4n) is 0.437. The molecule has 1 unspecified atom stereocenters. The smallest absolute Gasteiger partial charge is 0.240 e. The Morgan fingerprint density at radius 2 is 2.10 bits per heavy atom. The molecular formula is C6H10BrNO2. The Labute approximate surface area is 68.3 Å². The predicted molar refractivity (Wildman–Crippen MR) is 41.8 cm³/mol. The molecule has 0 rings (SSSR count). The lowest BCUT2D eigenvalue weighted by Crippen LogP contribution is -2.34. The summed E-state index contributed by atoms with van der Waals surface area (Å²) < 4.78 is 0. The Hall–Kier alpha value is -0.380. The van der Waals surface area contributed by atoms with Crippen LogP contribution in [0.1, 0.15) is 20.3 Å². The lowest BCUT2D eigenvalue weighted by atomic mass is 10.3. The van der Waals surface area contributed by atoms with E-state index in [9.17, 15) is 9.59 Å². The molecule has 0 aliphatic carbocycles. The molecule has 0 spiro atoms. The molecule has 0 aliphatic rings. The Morgan fingerprint density at radius 3 is 2.40 bits per heavy atom. The summed E-state index contributed by atoms with van der Waals surface area (Å²) in [5, 5.41) is 2.17. The van der Waals surface area contributed by atoms with Crippen molar-refractivity contribution < 1.29 is 9.59 Å². The van der Waals surface area contributed by atoms with E-state index >= 15 is 0 Å². The molecule has 0 aromatic rings. The second-order valence-electron chi connectivity index (χ2n) is 1.92. The van der Waals surface area contributed by atoms with Crippen LogP contribution in [0.4, 0.5) is 0 Å². The predicted octanol–water partition coefficient (Wildman–Crippen LogP) is 0.823. The number of rotatable bonds is 2. The monoisotopic (exact) mass is 207 g/mol. The third kappa shape index (κ3) is 3.61. The summed E-state index contributed by atoms with van der Waals surface area (Å²) in [6, 6.07) is 0. The van der Waals surface area contributed by atoms with E-state index in [1.807, 2.05) is 6.92 Å². The van der Waals surface area contributed by atoms with Crippen molar-refractivity contribution in [2.24, 2.45) is 0 Å². The summed E-state index contributed by atoms with van der Waals surface area (Å²) in [5.74, 6) is -0.585. The number of amides is 2. The number of hydrogen-bond acceptors (Lipinski definition) is 2. The standard InChI is InChI=1S/C6H10BrNO2/c1-3-5(7)6(10)8-4(2)9/h5H,3H2,1-2H3,(H,8,9,10). The van der Waals surface area contributed by atoms with Gasteiger partial charge >= 0.3 is 0 Å². The molecule has 0 heterocycles. The second-order valence-corrected chi connectivity index (χ2v) is 3.03. The first-order valence-electron chi connectivity index (χ1n) is 3.03. The molecule has 2 amide bonds.